The van der Waals surface area contributed by atoms with E-state index in [-0.39, 0.29) is 31.1 Å². The third-order valence-electron chi connectivity index (χ3n) is 5.98. The van der Waals surface area contributed by atoms with E-state index in [1.165, 1.54) is 11.1 Å². The number of ether oxygens (including phenoxy) is 2. The SMILES string of the molecule is C=CC[C@H]1C[C@H](NC(=O)OCC2c3ccccc3-c3ccccc32)C[C@@H](CC(=O)O)O1. The highest BCUT2D eigenvalue weighted by Crippen LogP contribution is 2.44. The molecule has 1 heterocycles. The molecule has 6 heteroatoms. The Morgan fingerprint density at radius 2 is 1.68 bits per heavy atom. The second kappa shape index (κ2) is 9.35. The molecule has 2 N–H and O–H groups in total. The number of alkyl carbamates (subject to hydrolysis) is 1. The third-order valence-corrected chi connectivity index (χ3v) is 5.98. The first-order valence-electron chi connectivity index (χ1n) is 10.6. The molecule has 0 spiro atoms. The molecule has 0 aromatic heterocycles. The predicted octanol–water partition coefficient (Wildman–Crippen LogP) is 4.49. The highest BCUT2D eigenvalue weighted by atomic mass is 16.5. The molecule has 3 atom stereocenters. The number of benzene rings is 2. The summed E-state index contributed by atoms with van der Waals surface area (Å²) in [6, 6.07) is 16.2. The lowest BCUT2D eigenvalue weighted by molar-refractivity contribution is -0.143. The van der Waals surface area contributed by atoms with Crippen LogP contribution >= 0.6 is 0 Å². The van der Waals surface area contributed by atoms with Crippen molar-refractivity contribution in [2.45, 2.75) is 49.9 Å². The molecule has 2 aliphatic rings. The Balaban J connectivity index is 1.39. The van der Waals surface area contributed by atoms with Crippen LogP contribution in [0.2, 0.25) is 0 Å². The summed E-state index contributed by atoms with van der Waals surface area (Å²) in [5.41, 5.74) is 4.69. The normalized spacial score (nSPS) is 22.3. The highest BCUT2D eigenvalue weighted by Gasteiger charge is 2.32. The van der Waals surface area contributed by atoms with Crippen molar-refractivity contribution in [3.05, 3.63) is 72.3 Å². The minimum absolute atomic E-state index is 0.00103. The summed E-state index contributed by atoms with van der Waals surface area (Å²) < 4.78 is 11.5. The molecule has 162 valence electrons. The van der Waals surface area contributed by atoms with E-state index >= 15 is 0 Å². The quantitative estimate of drug-likeness (QED) is 0.644. The van der Waals surface area contributed by atoms with Crippen molar-refractivity contribution in [2.75, 3.05) is 6.61 Å². The van der Waals surface area contributed by atoms with E-state index in [1.807, 2.05) is 24.3 Å². The number of fused-ring (bicyclic) bond motifs is 3. The zero-order valence-corrected chi connectivity index (χ0v) is 17.3. The first-order valence-corrected chi connectivity index (χ1v) is 10.6. The van der Waals surface area contributed by atoms with Crippen LogP contribution in [0.1, 0.15) is 42.7 Å². The molecular weight excluding hydrogens is 394 g/mol. The standard InChI is InChI=1S/C25H27NO5/c1-2-7-17-12-16(13-18(31-17)14-24(27)28)26-25(29)30-15-23-21-10-5-3-8-19(21)20-9-4-6-11-22(20)23/h2-6,8-11,16-18,23H,1,7,12-15H2,(H,26,29)(H,27,28)/t16-,17-,18-/m0/s1. The van der Waals surface area contributed by atoms with Gasteiger partial charge in [0.2, 0.25) is 0 Å². The van der Waals surface area contributed by atoms with Gasteiger partial charge in [0.25, 0.3) is 0 Å². The van der Waals surface area contributed by atoms with Gasteiger partial charge in [-0.3, -0.25) is 4.79 Å². The number of carboxylic acid groups (broad SMARTS) is 1. The second-order valence-corrected chi connectivity index (χ2v) is 8.14. The molecule has 1 saturated heterocycles. The Morgan fingerprint density at radius 3 is 2.29 bits per heavy atom. The van der Waals surface area contributed by atoms with Crippen molar-refractivity contribution in [1.29, 1.82) is 0 Å². The number of amides is 1. The van der Waals surface area contributed by atoms with Crippen LogP contribution in [0.5, 0.6) is 0 Å². The summed E-state index contributed by atoms with van der Waals surface area (Å²) in [5, 5.41) is 12.0. The molecule has 0 saturated carbocycles. The number of rotatable bonds is 7. The van der Waals surface area contributed by atoms with E-state index in [0.717, 1.165) is 11.1 Å². The van der Waals surface area contributed by atoms with Gasteiger partial charge in [-0.2, -0.15) is 0 Å². The number of aliphatic carboxylic acids is 1. The molecule has 6 nitrogen and oxygen atoms in total. The van der Waals surface area contributed by atoms with Crippen LogP contribution in [-0.2, 0) is 14.3 Å². The third kappa shape index (κ3) is 4.80. The largest absolute Gasteiger partial charge is 0.481 e. The molecule has 1 fully saturated rings. The van der Waals surface area contributed by atoms with E-state index < -0.39 is 18.2 Å². The molecule has 2 aromatic rings. The fourth-order valence-corrected chi connectivity index (χ4v) is 4.70. The lowest BCUT2D eigenvalue weighted by Crippen LogP contribution is -2.46. The fraction of sp³-hybridized carbons (Fsp3) is 0.360. The summed E-state index contributed by atoms with van der Waals surface area (Å²) in [4.78, 5) is 23.7. The smallest absolute Gasteiger partial charge is 0.407 e. The molecule has 2 aromatic carbocycles. The summed E-state index contributed by atoms with van der Waals surface area (Å²) >= 11 is 0. The van der Waals surface area contributed by atoms with Gasteiger partial charge < -0.3 is 19.9 Å². The van der Waals surface area contributed by atoms with Gasteiger partial charge in [0.15, 0.2) is 0 Å². The van der Waals surface area contributed by atoms with E-state index in [9.17, 15) is 9.59 Å². The number of nitrogens with one attached hydrogen (secondary N) is 1. The summed E-state index contributed by atoms with van der Waals surface area (Å²) in [5.74, 6) is -0.912. The van der Waals surface area contributed by atoms with Gasteiger partial charge in [0.1, 0.15) is 6.61 Å². The van der Waals surface area contributed by atoms with Crippen molar-refractivity contribution in [1.82, 2.24) is 5.32 Å². The molecule has 0 radical (unpaired) electrons. The molecular formula is C25H27NO5. The summed E-state index contributed by atoms with van der Waals surface area (Å²) in [6.45, 7) is 3.98. The Labute approximate surface area is 181 Å². The Hall–Kier alpha value is -3.12. The lowest BCUT2D eigenvalue weighted by atomic mass is 9.95. The maximum Gasteiger partial charge on any atom is 0.407 e. The number of hydrogen-bond acceptors (Lipinski definition) is 4. The first kappa shape index (κ1) is 21.1. The zero-order valence-electron chi connectivity index (χ0n) is 17.3. The first-order chi connectivity index (χ1) is 15.0. The maximum absolute atomic E-state index is 12.6. The van der Waals surface area contributed by atoms with Crippen LogP contribution in [-0.4, -0.2) is 42.0 Å². The number of carbonyl (C=O) groups excluding carboxylic acids is 1. The van der Waals surface area contributed by atoms with Crippen LogP contribution in [0.15, 0.2) is 61.2 Å². The molecule has 1 amide bonds. The zero-order chi connectivity index (χ0) is 21.8. The minimum atomic E-state index is -0.913. The van der Waals surface area contributed by atoms with Gasteiger partial charge in [0, 0.05) is 12.0 Å². The minimum Gasteiger partial charge on any atom is -0.481 e. The number of carboxylic acids is 1. The average molecular weight is 421 g/mol. The fourth-order valence-electron chi connectivity index (χ4n) is 4.70. The van der Waals surface area contributed by atoms with E-state index in [1.54, 1.807) is 6.08 Å². The van der Waals surface area contributed by atoms with E-state index in [2.05, 4.69) is 36.2 Å². The van der Waals surface area contributed by atoms with Crippen LogP contribution in [0.4, 0.5) is 4.79 Å². The van der Waals surface area contributed by atoms with Crippen LogP contribution < -0.4 is 5.32 Å². The Morgan fingerprint density at radius 1 is 1.06 bits per heavy atom. The van der Waals surface area contributed by atoms with E-state index in [4.69, 9.17) is 14.6 Å². The highest BCUT2D eigenvalue weighted by molar-refractivity contribution is 5.79. The maximum atomic E-state index is 12.6. The second-order valence-electron chi connectivity index (χ2n) is 8.14. The number of carbonyl (C=O) groups is 2. The molecule has 0 bridgehead atoms. The lowest BCUT2D eigenvalue weighted by Gasteiger charge is -2.34. The van der Waals surface area contributed by atoms with Gasteiger partial charge in [-0.15, -0.1) is 6.58 Å². The van der Waals surface area contributed by atoms with Gasteiger partial charge in [-0.1, -0.05) is 54.6 Å². The van der Waals surface area contributed by atoms with Crippen molar-refractivity contribution in [3.8, 4) is 11.1 Å². The molecule has 0 unspecified atom stereocenters. The Kier molecular flexibility index (Phi) is 6.37. The molecule has 1 aliphatic carbocycles. The van der Waals surface area contributed by atoms with Crippen molar-refractivity contribution in [2.24, 2.45) is 0 Å². The Bertz CT molecular complexity index is 926. The average Bonchev–Trinajstić information content (AvgIpc) is 3.06. The van der Waals surface area contributed by atoms with Crippen LogP contribution in [0.25, 0.3) is 11.1 Å². The predicted molar refractivity (Wildman–Crippen MR) is 117 cm³/mol. The summed E-state index contributed by atoms with van der Waals surface area (Å²) in [7, 11) is 0. The molecule has 31 heavy (non-hydrogen) atoms. The molecule has 4 rings (SSSR count). The van der Waals surface area contributed by atoms with Crippen LogP contribution in [0, 0.1) is 0 Å². The monoisotopic (exact) mass is 421 g/mol. The van der Waals surface area contributed by atoms with Gasteiger partial charge in [-0.05, 0) is 41.5 Å². The van der Waals surface area contributed by atoms with Gasteiger partial charge >= 0.3 is 12.1 Å². The van der Waals surface area contributed by atoms with Crippen LogP contribution in [0.3, 0.4) is 0 Å². The topological polar surface area (TPSA) is 84.9 Å². The van der Waals surface area contributed by atoms with Crippen molar-refractivity contribution in [3.63, 3.8) is 0 Å². The number of hydrogen-bond donors (Lipinski definition) is 2. The van der Waals surface area contributed by atoms with Crippen molar-refractivity contribution < 1.29 is 24.2 Å². The van der Waals surface area contributed by atoms with Gasteiger partial charge in [-0.25, -0.2) is 4.79 Å². The van der Waals surface area contributed by atoms with Gasteiger partial charge in [0.05, 0.1) is 18.6 Å². The molecule has 1 aliphatic heterocycles. The van der Waals surface area contributed by atoms with Crippen molar-refractivity contribution >= 4 is 12.1 Å². The van der Waals surface area contributed by atoms with E-state index in [0.29, 0.717) is 19.3 Å². The summed E-state index contributed by atoms with van der Waals surface area (Å²) in [6.07, 6.45) is 2.24.